The monoisotopic (exact) mass is 308 g/mol. The number of nitrogens with zero attached hydrogens (tertiary/aromatic N) is 2. The molecule has 1 aromatic heterocycles. The van der Waals surface area contributed by atoms with Crippen molar-refractivity contribution >= 4 is 22.7 Å². The summed E-state index contributed by atoms with van der Waals surface area (Å²) in [6.07, 6.45) is 1.94. The maximum Gasteiger partial charge on any atom is 0.419 e. The smallest absolute Gasteiger partial charge is 0.408 e. The molecule has 3 aromatic rings. The molecule has 5 nitrogen and oxygen atoms in total. The fraction of sp³-hybridized carbons (Fsp3) is 0.222. The predicted molar refractivity (Wildman–Crippen MR) is 87.9 cm³/mol. The van der Waals surface area contributed by atoms with Gasteiger partial charge in [0.25, 0.3) is 5.91 Å². The molecule has 4 rings (SSSR count). The molecule has 5 heteroatoms. The average Bonchev–Trinajstić information content (AvgIpc) is 2.87. The number of benzene rings is 2. The minimum Gasteiger partial charge on any atom is -0.408 e. The van der Waals surface area contributed by atoms with Crippen LogP contribution in [0.2, 0.25) is 0 Å². The fourth-order valence-electron chi connectivity index (χ4n) is 3.17. The van der Waals surface area contributed by atoms with Gasteiger partial charge in [0.2, 0.25) is 0 Å². The molecule has 0 fully saturated rings. The maximum absolute atomic E-state index is 12.9. The number of amides is 1. The third-order valence-electron chi connectivity index (χ3n) is 4.39. The van der Waals surface area contributed by atoms with E-state index >= 15 is 0 Å². The van der Waals surface area contributed by atoms with Crippen LogP contribution in [0.15, 0.2) is 51.7 Å². The van der Waals surface area contributed by atoms with E-state index in [1.54, 1.807) is 30.1 Å². The number of hydrogen-bond acceptors (Lipinski definition) is 3. The molecule has 0 saturated heterocycles. The van der Waals surface area contributed by atoms with E-state index in [0.29, 0.717) is 23.2 Å². The number of aromatic nitrogens is 1. The summed E-state index contributed by atoms with van der Waals surface area (Å²) in [5.41, 5.74) is 3.82. The summed E-state index contributed by atoms with van der Waals surface area (Å²) in [4.78, 5) is 26.3. The van der Waals surface area contributed by atoms with Crippen LogP contribution in [0.4, 0.5) is 5.69 Å². The highest BCUT2D eigenvalue weighted by Crippen LogP contribution is 2.28. The van der Waals surface area contributed by atoms with Crippen molar-refractivity contribution in [1.82, 2.24) is 4.57 Å². The van der Waals surface area contributed by atoms with Crippen LogP contribution in [-0.4, -0.2) is 17.0 Å². The van der Waals surface area contributed by atoms with E-state index in [4.69, 9.17) is 4.42 Å². The lowest BCUT2D eigenvalue weighted by atomic mass is 10.0. The van der Waals surface area contributed by atoms with Gasteiger partial charge in [-0.3, -0.25) is 9.36 Å². The van der Waals surface area contributed by atoms with Crippen LogP contribution in [-0.2, 0) is 13.5 Å². The maximum atomic E-state index is 12.9. The molecule has 1 aliphatic heterocycles. The van der Waals surface area contributed by atoms with Gasteiger partial charge < -0.3 is 9.32 Å². The second-order valence-corrected chi connectivity index (χ2v) is 5.80. The van der Waals surface area contributed by atoms with Gasteiger partial charge in [-0.15, -0.1) is 0 Å². The summed E-state index contributed by atoms with van der Waals surface area (Å²) >= 11 is 0. The Morgan fingerprint density at radius 1 is 1.17 bits per heavy atom. The zero-order chi connectivity index (χ0) is 16.0. The molecule has 0 N–H and O–H groups in total. The Hall–Kier alpha value is -2.82. The van der Waals surface area contributed by atoms with Gasteiger partial charge in [0, 0.05) is 24.8 Å². The molecule has 23 heavy (non-hydrogen) atoms. The van der Waals surface area contributed by atoms with E-state index in [-0.39, 0.29) is 5.91 Å². The number of fused-ring (bicyclic) bond motifs is 2. The lowest BCUT2D eigenvalue weighted by Crippen LogP contribution is -2.35. The summed E-state index contributed by atoms with van der Waals surface area (Å²) in [5.74, 6) is -0.488. The van der Waals surface area contributed by atoms with Crippen molar-refractivity contribution < 1.29 is 9.21 Å². The van der Waals surface area contributed by atoms with Crippen molar-refractivity contribution in [3.63, 3.8) is 0 Å². The SMILES string of the molecule is Cn1c(=O)oc2cc(C(=O)N3CCCc4ccccc43)ccc21. The number of para-hydroxylation sites is 1. The van der Waals surface area contributed by atoms with Crippen LogP contribution in [0.1, 0.15) is 22.3 Å². The lowest BCUT2D eigenvalue weighted by molar-refractivity contribution is 0.0985. The number of anilines is 1. The normalized spacial score (nSPS) is 14.0. The van der Waals surface area contributed by atoms with Crippen molar-refractivity contribution in [2.24, 2.45) is 7.05 Å². The zero-order valence-corrected chi connectivity index (χ0v) is 12.8. The van der Waals surface area contributed by atoms with Crippen molar-refractivity contribution in [3.05, 3.63) is 64.1 Å². The average molecular weight is 308 g/mol. The molecule has 0 radical (unpaired) electrons. The first-order valence-corrected chi connectivity index (χ1v) is 7.64. The molecule has 0 spiro atoms. The first kappa shape index (κ1) is 13.8. The second-order valence-electron chi connectivity index (χ2n) is 5.80. The van der Waals surface area contributed by atoms with E-state index in [9.17, 15) is 9.59 Å². The number of carbonyl (C=O) groups is 1. The summed E-state index contributed by atoms with van der Waals surface area (Å²) in [5, 5.41) is 0. The van der Waals surface area contributed by atoms with Crippen molar-refractivity contribution in [2.75, 3.05) is 11.4 Å². The molecule has 0 unspecified atom stereocenters. The topological polar surface area (TPSA) is 55.5 Å². The van der Waals surface area contributed by atoms with Crippen LogP contribution < -0.4 is 10.7 Å². The predicted octanol–water partition coefficient (Wildman–Crippen LogP) is 2.72. The highest BCUT2D eigenvalue weighted by atomic mass is 16.4. The van der Waals surface area contributed by atoms with E-state index < -0.39 is 5.76 Å². The van der Waals surface area contributed by atoms with Gasteiger partial charge in [0.15, 0.2) is 5.58 Å². The van der Waals surface area contributed by atoms with Gasteiger partial charge >= 0.3 is 5.76 Å². The molecule has 0 saturated carbocycles. The molecule has 1 amide bonds. The quantitative estimate of drug-likeness (QED) is 0.694. The molecule has 0 bridgehead atoms. The lowest BCUT2D eigenvalue weighted by Gasteiger charge is -2.29. The van der Waals surface area contributed by atoms with E-state index in [1.165, 1.54) is 10.1 Å². The molecule has 2 heterocycles. The summed E-state index contributed by atoms with van der Waals surface area (Å²) in [6, 6.07) is 13.1. The van der Waals surface area contributed by atoms with Crippen LogP contribution in [0.3, 0.4) is 0 Å². The molecular formula is C18H16N2O3. The Labute approximate surface area is 132 Å². The Bertz CT molecular complexity index is 968. The third kappa shape index (κ3) is 2.16. The van der Waals surface area contributed by atoms with Gasteiger partial charge in [0.1, 0.15) is 0 Å². The number of oxazole rings is 1. The van der Waals surface area contributed by atoms with E-state index in [1.807, 2.05) is 18.2 Å². The van der Waals surface area contributed by atoms with Crippen LogP contribution in [0.5, 0.6) is 0 Å². The molecule has 0 aliphatic carbocycles. The molecule has 2 aromatic carbocycles. The number of aryl methyl sites for hydroxylation is 2. The summed E-state index contributed by atoms with van der Waals surface area (Å²) in [6.45, 7) is 0.701. The van der Waals surface area contributed by atoms with Gasteiger partial charge in [-0.25, -0.2) is 4.79 Å². The van der Waals surface area contributed by atoms with Crippen molar-refractivity contribution in [2.45, 2.75) is 12.8 Å². The van der Waals surface area contributed by atoms with E-state index in [2.05, 4.69) is 6.07 Å². The standard InChI is InChI=1S/C18H16N2O3/c1-19-15-9-8-13(11-16(15)23-18(19)22)17(21)20-10-4-6-12-5-2-3-7-14(12)20/h2-3,5,7-9,11H,4,6,10H2,1H3. The Morgan fingerprint density at radius 3 is 2.87 bits per heavy atom. The molecule has 116 valence electrons. The first-order valence-electron chi connectivity index (χ1n) is 7.64. The van der Waals surface area contributed by atoms with E-state index in [0.717, 1.165) is 18.5 Å². The number of carbonyl (C=O) groups excluding carboxylic acids is 1. The Kier molecular flexibility index (Phi) is 3.08. The largest absolute Gasteiger partial charge is 0.419 e. The van der Waals surface area contributed by atoms with Crippen molar-refractivity contribution in [1.29, 1.82) is 0 Å². The van der Waals surface area contributed by atoms with Gasteiger partial charge in [-0.2, -0.15) is 0 Å². The fourth-order valence-corrected chi connectivity index (χ4v) is 3.17. The van der Waals surface area contributed by atoms with Gasteiger partial charge in [-0.1, -0.05) is 18.2 Å². The van der Waals surface area contributed by atoms with Crippen LogP contribution in [0.25, 0.3) is 11.1 Å². The summed E-state index contributed by atoms with van der Waals surface area (Å²) < 4.78 is 6.61. The van der Waals surface area contributed by atoms with Gasteiger partial charge in [0.05, 0.1) is 5.52 Å². The number of rotatable bonds is 1. The van der Waals surface area contributed by atoms with Crippen molar-refractivity contribution in [3.8, 4) is 0 Å². The second kappa shape index (κ2) is 5.12. The number of hydrogen-bond donors (Lipinski definition) is 0. The Morgan fingerprint density at radius 2 is 2.00 bits per heavy atom. The van der Waals surface area contributed by atoms with Gasteiger partial charge in [-0.05, 0) is 42.7 Å². The highest BCUT2D eigenvalue weighted by molar-refractivity contribution is 6.08. The third-order valence-corrected chi connectivity index (χ3v) is 4.39. The zero-order valence-electron chi connectivity index (χ0n) is 12.8. The summed E-state index contributed by atoms with van der Waals surface area (Å²) in [7, 11) is 1.65. The minimum absolute atomic E-state index is 0.0643. The minimum atomic E-state index is -0.423. The molecule has 1 aliphatic rings. The van der Waals surface area contributed by atoms with Crippen LogP contribution in [0, 0.1) is 0 Å². The molecular weight excluding hydrogens is 292 g/mol. The van der Waals surface area contributed by atoms with Crippen LogP contribution >= 0.6 is 0 Å². The Balaban J connectivity index is 1.77. The highest BCUT2D eigenvalue weighted by Gasteiger charge is 2.23. The first-order chi connectivity index (χ1) is 11.1. The molecule has 0 atom stereocenters.